The minimum atomic E-state index is -0.182. The number of hydrogen-bond acceptors (Lipinski definition) is 2. The van der Waals surface area contributed by atoms with Crippen LogP contribution in [0.2, 0.25) is 0 Å². The van der Waals surface area contributed by atoms with Gasteiger partial charge in [0.15, 0.2) is 0 Å². The molecule has 0 saturated heterocycles. The summed E-state index contributed by atoms with van der Waals surface area (Å²) in [5, 5.41) is 7.45. The SMILES string of the molecule is C[CH]CC(=N)C(=O)c1ccccc1. The van der Waals surface area contributed by atoms with Crippen LogP contribution in [0.4, 0.5) is 0 Å². The summed E-state index contributed by atoms with van der Waals surface area (Å²) in [5.74, 6) is -0.182. The van der Waals surface area contributed by atoms with E-state index in [-0.39, 0.29) is 11.5 Å². The third kappa shape index (κ3) is 2.51. The number of hydrogen-bond donors (Lipinski definition) is 1. The minimum absolute atomic E-state index is 0.147. The van der Waals surface area contributed by atoms with Crippen LogP contribution in [0.5, 0.6) is 0 Å². The zero-order valence-electron chi connectivity index (χ0n) is 7.58. The average Bonchev–Trinajstić information content (AvgIpc) is 2.18. The Labute approximate surface area is 78.1 Å². The van der Waals surface area contributed by atoms with Crippen molar-refractivity contribution in [2.45, 2.75) is 13.3 Å². The molecule has 1 rings (SSSR count). The van der Waals surface area contributed by atoms with Gasteiger partial charge in [-0.2, -0.15) is 0 Å². The molecule has 13 heavy (non-hydrogen) atoms. The van der Waals surface area contributed by atoms with Gasteiger partial charge in [-0.05, 0) is 12.8 Å². The van der Waals surface area contributed by atoms with Gasteiger partial charge < -0.3 is 5.41 Å². The van der Waals surface area contributed by atoms with Crippen LogP contribution in [-0.4, -0.2) is 11.5 Å². The summed E-state index contributed by atoms with van der Waals surface area (Å²) in [6.45, 7) is 1.84. The number of rotatable bonds is 4. The molecular weight excluding hydrogens is 162 g/mol. The summed E-state index contributed by atoms with van der Waals surface area (Å²) < 4.78 is 0. The Morgan fingerprint density at radius 2 is 2.00 bits per heavy atom. The van der Waals surface area contributed by atoms with E-state index in [0.717, 1.165) is 0 Å². The molecule has 0 unspecified atom stereocenters. The van der Waals surface area contributed by atoms with Crippen molar-refractivity contribution in [1.82, 2.24) is 0 Å². The zero-order chi connectivity index (χ0) is 9.68. The number of carbonyl (C=O) groups is 1. The highest BCUT2D eigenvalue weighted by Gasteiger charge is 2.09. The Hall–Kier alpha value is -1.44. The number of carbonyl (C=O) groups excluding carboxylic acids is 1. The van der Waals surface area contributed by atoms with Crippen molar-refractivity contribution in [1.29, 1.82) is 5.41 Å². The summed E-state index contributed by atoms with van der Waals surface area (Å²) in [6, 6.07) is 8.91. The Morgan fingerprint density at radius 3 is 2.54 bits per heavy atom. The summed E-state index contributed by atoms with van der Waals surface area (Å²) in [7, 11) is 0. The first-order valence-corrected chi connectivity index (χ1v) is 4.20. The second kappa shape index (κ2) is 4.55. The van der Waals surface area contributed by atoms with Crippen molar-refractivity contribution in [2.75, 3.05) is 0 Å². The van der Waals surface area contributed by atoms with E-state index in [1.165, 1.54) is 0 Å². The third-order valence-corrected chi connectivity index (χ3v) is 1.72. The normalized spacial score (nSPS) is 9.62. The molecule has 0 spiro atoms. The molecule has 0 saturated carbocycles. The molecular formula is C11H12NO. The summed E-state index contributed by atoms with van der Waals surface area (Å²) in [6.07, 6.45) is 2.25. The van der Waals surface area contributed by atoms with Gasteiger partial charge in [-0.3, -0.25) is 4.79 Å². The highest BCUT2D eigenvalue weighted by Crippen LogP contribution is 2.03. The first-order valence-electron chi connectivity index (χ1n) is 4.20. The molecule has 67 valence electrons. The Balaban J connectivity index is 2.74. The predicted molar refractivity (Wildman–Crippen MR) is 53.1 cm³/mol. The highest BCUT2D eigenvalue weighted by molar-refractivity contribution is 6.45. The van der Waals surface area contributed by atoms with Crippen molar-refractivity contribution < 1.29 is 4.79 Å². The zero-order valence-corrected chi connectivity index (χ0v) is 7.58. The predicted octanol–water partition coefficient (Wildman–Crippen LogP) is 2.50. The van der Waals surface area contributed by atoms with Crippen LogP contribution in [0.1, 0.15) is 23.7 Å². The van der Waals surface area contributed by atoms with Crippen molar-refractivity contribution >= 4 is 11.5 Å². The molecule has 0 aliphatic heterocycles. The van der Waals surface area contributed by atoms with E-state index in [2.05, 4.69) is 0 Å². The fourth-order valence-electron chi connectivity index (χ4n) is 1.06. The lowest BCUT2D eigenvalue weighted by Gasteiger charge is -2.00. The van der Waals surface area contributed by atoms with Crippen LogP contribution in [0.15, 0.2) is 30.3 Å². The lowest BCUT2D eigenvalue weighted by molar-refractivity contribution is 0.106. The number of ketones is 1. The molecule has 0 fully saturated rings. The molecule has 0 bridgehead atoms. The van der Waals surface area contributed by atoms with E-state index in [1.807, 2.05) is 19.4 Å². The molecule has 1 N–H and O–H groups in total. The Bertz CT molecular complexity index is 303. The fraction of sp³-hybridized carbons (Fsp3) is 0.182. The van der Waals surface area contributed by atoms with Gasteiger partial charge in [0.05, 0.1) is 5.71 Å². The molecule has 2 heteroatoms. The van der Waals surface area contributed by atoms with Gasteiger partial charge in [-0.15, -0.1) is 0 Å². The van der Waals surface area contributed by atoms with Crippen molar-refractivity contribution in [3.05, 3.63) is 42.3 Å². The average molecular weight is 174 g/mol. The fourth-order valence-corrected chi connectivity index (χ4v) is 1.06. The van der Waals surface area contributed by atoms with Crippen LogP contribution >= 0.6 is 0 Å². The van der Waals surface area contributed by atoms with E-state index in [4.69, 9.17) is 5.41 Å². The van der Waals surface area contributed by atoms with E-state index in [1.54, 1.807) is 24.3 Å². The van der Waals surface area contributed by atoms with Gasteiger partial charge >= 0.3 is 0 Å². The van der Waals surface area contributed by atoms with Gasteiger partial charge in [0.2, 0.25) is 5.78 Å². The smallest absolute Gasteiger partial charge is 0.206 e. The summed E-state index contributed by atoms with van der Waals surface area (Å²) >= 11 is 0. The first kappa shape index (κ1) is 9.65. The largest absolute Gasteiger partial charge is 0.301 e. The quantitative estimate of drug-likeness (QED) is 0.553. The second-order valence-corrected chi connectivity index (χ2v) is 2.79. The first-order chi connectivity index (χ1) is 6.25. The van der Waals surface area contributed by atoms with Crippen LogP contribution in [0.3, 0.4) is 0 Å². The van der Waals surface area contributed by atoms with Gasteiger partial charge in [0.25, 0.3) is 0 Å². The number of nitrogens with one attached hydrogen (secondary N) is 1. The lowest BCUT2D eigenvalue weighted by Crippen LogP contribution is -2.12. The summed E-state index contributed by atoms with van der Waals surface area (Å²) in [4.78, 5) is 11.5. The maximum atomic E-state index is 11.5. The van der Waals surface area contributed by atoms with E-state index >= 15 is 0 Å². The van der Waals surface area contributed by atoms with Crippen LogP contribution in [0.25, 0.3) is 0 Å². The van der Waals surface area contributed by atoms with Crippen LogP contribution < -0.4 is 0 Å². The number of benzene rings is 1. The van der Waals surface area contributed by atoms with Crippen molar-refractivity contribution in [3.8, 4) is 0 Å². The second-order valence-electron chi connectivity index (χ2n) is 2.79. The molecule has 0 aromatic heterocycles. The third-order valence-electron chi connectivity index (χ3n) is 1.72. The van der Waals surface area contributed by atoms with Gasteiger partial charge in [0, 0.05) is 5.56 Å². The maximum absolute atomic E-state index is 11.5. The van der Waals surface area contributed by atoms with Gasteiger partial charge in [-0.1, -0.05) is 37.3 Å². The van der Waals surface area contributed by atoms with Gasteiger partial charge in [-0.25, -0.2) is 0 Å². The van der Waals surface area contributed by atoms with Gasteiger partial charge in [0.1, 0.15) is 0 Å². The topological polar surface area (TPSA) is 40.9 Å². The molecule has 0 aliphatic rings. The van der Waals surface area contributed by atoms with Crippen molar-refractivity contribution in [3.63, 3.8) is 0 Å². The van der Waals surface area contributed by atoms with E-state index in [9.17, 15) is 4.79 Å². The molecule has 1 aromatic rings. The number of Topliss-reactive ketones (excluding diaryl/α,β-unsaturated/α-hetero) is 1. The highest BCUT2D eigenvalue weighted by atomic mass is 16.1. The molecule has 1 aromatic carbocycles. The maximum Gasteiger partial charge on any atom is 0.206 e. The lowest BCUT2D eigenvalue weighted by atomic mass is 10.0. The van der Waals surface area contributed by atoms with E-state index in [0.29, 0.717) is 12.0 Å². The molecule has 0 atom stereocenters. The standard InChI is InChI=1S/C11H12NO/c1-2-6-10(12)11(13)9-7-4-3-5-8-9/h2-5,7-8,12H,6H2,1H3. The monoisotopic (exact) mass is 174 g/mol. The Morgan fingerprint density at radius 1 is 1.38 bits per heavy atom. The molecule has 0 heterocycles. The molecule has 0 amide bonds. The minimum Gasteiger partial charge on any atom is -0.301 e. The summed E-state index contributed by atoms with van der Waals surface area (Å²) in [5.41, 5.74) is 0.739. The van der Waals surface area contributed by atoms with Crippen molar-refractivity contribution in [2.24, 2.45) is 0 Å². The van der Waals surface area contributed by atoms with Crippen LogP contribution in [-0.2, 0) is 0 Å². The molecule has 0 aliphatic carbocycles. The van der Waals surface area contributed by atoms with E-state index < -0.39 is 0 Å². The molecule has 1 radical (unpaired) electrons. The Kier molecular flexibility index (Phi) is 3.38. The molecule has 2 nitrogen and oxygen atoms in total. The van der Waals surface area contributed by atoms with Crippen LogP contribution in [0, 0.1) is 11.8 Å².